The Labute approximate surface area is 76.6 Å². The molecule has 2 aliphatic rings. The number of carbonyl (C=O) groups excluding carboxylic acids is 2. The molecular weight excluding hydrogens is 170 g/mol. The first-order valence-electron chi connectivity index (χ1n) is 4.54. The molecule has 2 unspecified atom stereocenters. The first kappa shape index (κ1) is 8.69. The van der Waals surface area contributed by atoms with E-state index in [4.69, 9.17) is 0 Å². The van der Waals surface area contributed by atoms with Gasteiger partial charge in [0.05, 0.1) is 7.11 Å². The van der Waals surface area contributed by atoms with E-state index in [1.54, 1.807) is 0 Å². The van der Waals surface area contributed by atoms with Crippen LogP contribution in [0, 0.1) is 11.3 Å². The third-order valence-corrected chi connectivity index (χ3v) is 3.16. The molecular formula is C9H13NO3. The molecule has 1 aliphatic heterocycles. The molecule has 1 N–H and O–H groups in total. The van der Waals surface area contributed by atoms with Crippen LogP contribution in [-0.2, 0) is 14.3 Å². The average Bonchev–Trinajstić information content (AvgIpc) is 2.40. The molecule has 1 heterocycles. The third kappa shape index (κ3) is 1.01. The fourth-order valence-electron chi connectivity index (χ4n) is 2.37. The molecule has 72 valence electrons. The minimum Gasteiger partial charge on any atom is -0.468 e. The number of methoxy groups -OCH3 is 1. The summed E-state index contributed by atoms with van der Waals surface area (Å²) in [6, 6.07) is 0. The lowest BCUT2D eigenvalue weighted by molar-refractivity contribution is -0.157. The topological polar surface area (TPSA) is 55.4 Å². The normalized spacial score (nSPS) is 37.6. The van der Waals surface area contributed by atoms with Gasteiger partial charge in [0.2, 0.25) is 0 Å². The first-order valence-corrected chi connectivity index (χ1v) is 4.54. The molecule has 0 aromatic heterocycles. The fourth-order valence-corrected chi connectivity index (χ4v) is 2.37. The molecule has 1 aliphatic carbocycles. The van der Waals surface area contributed by atoms with E-state index in [-0.39, 0.29) is 17.7 Å². The van der Waals surface area contributed by atoms with Crippen molar-refractivity contribution in [2.45, 2.75) is 12.8 Å². The number of Topliss-reactive ketones (excluding diaryl/α,β-unsaturated/α-hetero) is 1. The number of rotatable bonds is 1. The molecule has 0 spiro atoms. The van der Waals surface area contributed by atoms with Crippen molar-refractivity contribution in [3.63, 3.8) is 0 Å². The number of ether oxygens (including phenoxy) is 1. The fraction of sp³-hybridized carbons (Fsp3) is 0.778. The zero-order chi connectivity index (χ0) is 9.47. The average molecular weight is 183 g/mol. The molecule has 4 nitrogen and oxygen atoms in total. The van der Waals surface area contributed by atoms with Crippen molar-refractivity contribution in [3.05, 3.63) is 0 Å². The van der Waals surface area contributed by atoms with Gasteiger partial charge in [-0.2, -0.15) is 0 Å². The Hall–Kier alpha value is -0.900. The Morgan fingerprint density at radius 3 is 3.15 bits per heavy atom. The van der Waals surface area contributed by atoms with Crippen molar-refractivity contribution in [1.29, 1.82) is 0 Å². The van der Waals surface area contributed by atoms with Crippen LogP contribution in [0.1, 0.15) is 12.8 Å². The SMILES string of the molecule is COC(=O)C12CCC(CNC1)C2=O. The van der Waals surface area contributed by atoms with Crippen LogP contribution in [0.5, 0.6) is 0 Å². The number of esters is 1. The number of piperidine rings is 1. The van der Waals surface area contributed by atoms with E-state index in [0.29, 0.717) is 13.0 Å². The van der Waals surface area contributed by atoms with Crippen LogP contribution in [0.15, 0.2) is 0 Å². The van der Waals surface area contributed by atoms with Crippen molar-refractivity contribution in [3.8, 4) is 0 Å². The Morgan fingerprint density at radius 2 is 2.46 bits per heavy atom. The molecule has 1 saturated heterocycles. The van der Waals surface area contributed by atoms with E-state index in [1.165, 1.54) is 7.11 Å². The summed E-state index contributed by atoms with van der Waals surface area (Å²) in [5.41, 5.74) is -0.850. The van der Waals surface area contributed by atoms with E-state index in [1.807, 2.05) is 0 Å². The molecule has 2 atom stereocenters. The lowest BCUT2D eigenvalue weighted by Crippen LogP contribution is -2.51. The molecule has 1 saturated carbocycles. The number of nitrogens with one attached hydrogen (secondary N) is 1. The lowest BCUT2D eigenvalue weighted by Gasteiger charge is -2.29. The van der Waals surface area contributed by atoms with Crippen LogP contribution >= 0.6 is 0 Å². The molecule has 2 fully saturated rings. The van der Waals surface area contributed by atoms with Gasteiger partial charge >= 0.3 is 5.97 Å². The zero-order valence-corrected chi connectivity index (χ0v) is 7.63. The number of hydrogen-bond donors (Lipinski definition) is 1. The summed E-state index contributed by atoms with van der Waals surface area (Å²) in [6.07, 6.45) is 1.47. The second kappa shape index (κ2) is 2.80. The summed E-state index contributed by atoms with van der Waals surface area (Å²) in [4.78, 5) is 23.2. The van der Waals surface area contributed by atoms with Gasteiger partial charge in [0.1, 0.15) is 5.41 Å². The van der Waals surface area contributed by atoms with Gasteiger partial charge in [-0.15, -0.1) is 0 Å². The van der Waals surface area contributed by atoms with Crippen molar-refractivity contribution in [1.82, 2.24) is 5.32 Å². The van der Waals surface area contributed by atoms with Gasteiger partial charge in [-0.25, -0.2) is 0 Å². The predicted octanol–water partition coefficient (Wildman–Crippen LogP) is -0.272. The van der Waals surface area contributed by atoms with Gasteiger partial charge in [-0.3, -0.25) is 9.59 Å². The zero-order valence-electron chi connectivity index (χ0n) is 7.63. The summed E-state index contributed by atoms with van der Waals surface area (Å²) in [5.74, 6) is -0.252. The highest BCUT2D eigenvalue weighted by molar-refractivity contribution is 6.07. The molecule has 2 bridgehead atoms. The van der Waals surface area contributed by atoms with Gasteiger partial charge in [0, 0.05) is 19.0 Å². The van der Waals surface area contributed by atoms with Crippen LogP contribution in [0.3, 0.4) is 0 Å². The van der Waals surface area contributed by atoms with E-state index in [2.05, 4.69) is 10.1 Å². The molecule has 13 heavy (non-hydrogen) atoms. The van der Waals surface area contributed by atoms with Crippen molar-refractivity contribution in [2.24, 2.45) is 11.3 Å². The molecule has 0 aromatic rings. The summed E-state index contributed by atoms with van der Waals surface area (Å²) in [7, 11) is 1.34. The number of ketones is 1. The molecule has 0 radical (unpaired) electrons. The van der Waals surface area contributed by atoms with Crippen LogP contribution in [-0.4, -0.2) is 32.0 Å². The summed E-state index contributed by atoms with van der Waals surface area (Å²) in [6.45, 7) is 1.17. The first-order chi connectivity index (χ1) is 6.20. The Morgan fingerprint density at radius 1 is 1.69 bits per heavy atom. The second-order valence-corrected chi connectivity index (χ2v) is 3.80. The molecule has 0 aromatic carbocycles. The monoisotopic (exact) mass is 183 g/mol. The van der Waals surface area contributed by atoms with Crippen molar-refractivity contribution in [2.75, 3.05) is 20.2 Å². The second-order valence-electron chi connectivity index (χ2n) is 3.80. The largest absolute Gasteiger partial charge is 0.468 e. The van der Waals surface area contributed by atoms with Crippen LogP contribution < -0.4 is 5.32 Å². The smallest absolute Gasteiger partial charge is 0.320 e. The minimum absolute atomic E-state index is 0.0350. The number of carbonyl (C=O) groups is 2. The van der Waals surface area contributed by atoms with Crippen molar-refractivity contribution >= 4 is 11.8 Å². The van der Waals surface area contributed by atoms with Gasteiger partial charge < -0.3 is 10.1 Å². The van der Waals surface area contributed by atoms with Crippen LogP contribution in [0.4, 0.5) is 0 Å². The van der Waals surface area contributed by atoms with Crippen LogP contribution in [0.2, 0.25) is 0 Å². The molecule has 2 rings (SSSR count). The Balaban J connectivity index is 2.30. The standard InChI is InChI=1S/C9H13NO3/c1-13-8(12)9-3-2-6(7(9)11)4-10-5-9/h6,10H,2-5H2,1H3. The maximum absolute atomic E-state index is 11.8. The molecule has 4 heteroatoms. The Kier molecular flexibility index (Phi) is 1.87. The van der Waals surface area contributed by atoms with Gasteiger partial charge in [-0.05, 0) is 12.8 Å². The van der Waals surface area contributed by atoms with Crippen LogP contribution in [0.25, 0.3) is 0 Å². The highest BCUT2D eigenvalue weighted by Gasteiger charge is 2.55. The van der Waals surface area contributed by atoms with E-state index in [9.17, 15) is 9.59 Å². The summed E-state index contributed by atoms with van der Waals surface area (Å²) < 4.78 is 4.68. The molecule has 0 amide bonds. The number of fused-ring (bicyclic) bond motifs is 2. The van der Waals surface area contributed by atoms with Crippen molar-refractivity contribution < 1.29 is 14.3 Å². The maximum Gasteiger partial charge on any atom is 0.320 e. The van der Waals surface area contributed by atoms with Gasteiger partial charge in [0.25, 0.3) is 0 Å². The van der Waals surface area contributed by atoms with E-state index < -0.39 is 5.41 Å². The van der Waals surface area contributed by atoms with Gasteiger partial charge in [0.15, 0.2) is 5.78 Å². The summed E-state index contributed by atoms with van der Waals surface area (Å²) in [5, 5.41) is 3.11. The van der Waals surface area contributed by atoms with E-state index >= 15 is 0 Å². The van der Waals surface area contributed by atoms with E-state index in [0.717, 1.165) is 13.0 Å². The third-order valence-electron chi connectivity index (χ3n) is 3.16. The minimum atomic E-state index is -0.850. The lowest BCUT2D eigenvalue weighted by atomic mass is 9.81. The highest BCUT2D eigenvalue weighted by Crippen LogP contribution is 2.41. The number of hydrogen-bond acceptors (Lipinski definition) is 4. The maximum atomic E-state index is 11.8. The quantitative estimate of drug-likeness (QED) is 0.449. The Bertz CT molecular complexity index is 260. The summed E-state index contributed by atoms with van der Waals surface area (Å²) >= 11 is 0. The predicted molar refractivity (Wildman–Crippen MR) is 45.0 cm³/mol. The highest BCUT2D eigenvalue weighted by atomic mass is 16.5. The van der Waals surface area contributed by atoms with Gasteiger partial charge in [-0.1, -0.05) is 0 Å².